The Labute approximate surface area is 183 Å². The molecule has 0 saturated heterocycles. The van der Waals surface area contributed by atoms with Crippen LogP contribution in [0.4, 0.5) is 4.39 Å². The highest BCUT2D eigenvalue weighted by Gasteiger charge is 2.27. The largest absolute Gasteiger partial charge is 0.476 e. The van der Waals surface area contributed by atoms with Crippen molar-refractivity contribution in [1.29, 1.82) is 0 Å². The van der Waals surface area contributed by atoms with Gasteiger partial charge in [-0.05, 0) is 73.2 Å². The molecule has 0 atom stereocenters. The standard InChI is InChI=1S/C23H19Cl2FN2O2/c24-16-8-11-20(19(25)13-16)28-22-15(12-14-6-9-17(26)10-7-14)4-2-1-3-5-18(22)21(27-28)23(29)30/h6-13H,1-5H2,(H,29,30). The van der Waals surface area contributed by atoms with Gasteiger partial charge in [0, 0.05) is 10.6 Å². The monoisotopic (exact) mass is 444 g/mol. The zero-order valence-electron chi connectivity index (χ0n) is 16.0. The van der Waals surface area contributed by atoms with Gasteiger partial charge in [-0.15, -0.1) is 0 Å². The average molecular weight is 445 g/mol. The first-order chi connectivity index (χ1) is 14.4. The number of hydrogen-bond donors (Lipinski definition) is 1. The van der Waals surface area contributed by atoms with Gasteiger partial charge in [0.25, 0.3) is 0 Å². The lowest BCUT2D eigenvalue weighted by atomic mass is 9.91. The molecule has 1 heterocycles. The maximum Gasteiger partial charge on any atom is 0.356 e. The molecule has 154 valence electrons. The molecule has 0 unspecified atom stereocenters. The van der Waals surface area contributed by atoms with E-state index in [0.717, 1.165) is 42.5 Å². The summed E-state index contributed by atoms with van der Waals surface area (Å²) in [5.74, 6) is -1.38. The number of hydrogen-bond acceptors (Lipinski definition) is 2. The first-order valence-corrected chi connectivity index (χ1v) is 10.5. The molecular formula is C23H19Cl2FN2O2. The smallest absolute Gasteiger partial charge is 0.356 e. The number of carbonyl (C=O) groups is 1. The van der Waals surface area contributed by atoms with Crippen molar-refractivity contribution in [3.8, 4) is 5.69 Å². The number of fused-ring (bicyclic) bond motifs is 1. The summed E-state index contributed by atoms with van der Waals surface area (Å²) in [6.45, 7) is 0. The number of aromatic nitrogens is 2. The Hall–Kier alpha value is -2.63. The van der Waals surface area contributed by atoms with Crippen molar-refractivity contribution in [3.05, 3.63) is 80.8 Å². The number of aromatic carboxylic acids is 1. The fraction of sp³-hybridized carbons (Fsp3) is 0.217. The van der Waals surface area contributed by atoms with E-state index in [-0.39, 0.29) is 11.5 Å². The molecule has 0 spiro atoms. The lowest BCUT2D eigenvalue weighted by Crippen LogP contribution is -2.06. The number of rotatable bonds is 3. The van der Waals surface area contributed by atoms with Gasteiger partial charge in [0.2, 0.25) is 0 Å². The second-order valence-corrected chi connectivity index (χ2v) is 8.11. The normalized spacial score (nSPS) is 15.5. The molecule has 4 nitrogen and oxygen atoms in total. The molecule has 1 N–H and O–H groups in total. The zero-order chi connectivity index (χ0) is 21.3. The van der Waals surface area contributed by atoms with Gasteiger partial charge in [0.1, 0.15) is 5.82 Å². The first kappa shape index (κ1) is 20.6. The van der Waals surface area contributed by atoms with Crippen LogP contribution in [0.1, 0.15) is 53.0 Å². The third-order valence-electron chi connectivity index (χ3n) is 5.21. The maximum atomic E-state index is 13.4. The highest BCUT2D eigenvalue weighted by atomic mass is 35.5. The zero-order valence-corrected chi connectivity index (χ0v) is 17.5. The van der Waals surface area contributed by atoms with Crippen LogP contribution >= 0.6 is 23.2 Å². The Balaban J connectivity index is 1.97. The molecule has 7 heteroatoms. The molecule has 1 aliphatic rings. The highest BCUT2D eigenvalue weighted by Crippen LogP contribution is 2.36. The van der Waals surface area contributed by atoms with Crippen LogP contribution in [0.2, 0.25) is 10.0 Å². The first-order valence-electron chi connectivity index (χ1n) is 9.71. The van der Waals surface area contributed by atoms with E-state index in [1.807, 2.05) is 6.08 Å². The van der Waals surface area contributed by atoms with Crippen LogP contribution in [0.3, 0.4) is 0 Å². The fourth-order valence-electron chi connectivity index (χ4n) is 3.83. The molecule has 0 bridgehead atoms. The van der Waals surface area contributed by atoms with Crippen LogP contribution in [0.5, 0.6) is 0 Å². The van der Waals surface area contributed by atoms with Gasteiger partial charge in [0.05, 0.1) is 16.4 Å². The predicted octanol–water partition coefficient (Wildman–Crippen LogP) is 6.67. The predicted molar refractivity (Wildman–Crippen MR) is 117 cm³/mol. The molecule has 1 aromatic heterocycles. The van der Waals surface area contributed by atoms with Crippen molar-refractivity contribution in [3.63, 3.8) is 0 Å². The molecule has 0 amide bonds. The number of benzene rings is 2. The van der Waals surface area contributed by atoms with Gasteiger partial charge in [-0.1, -0.05) is 41.8 Å². The Morgan fingerprint density at radius 1 is 1.07 bits per heavy atom. The number of halogens is 3. The van der Waals surface area contributed by atoms with E-state index >= 15 is 0 Å². The number of carboxylic acid groups (broad SMARTS) is 1. The summed E-state index contributed by atoms with van der Waals surface area (Å²) < 4.78 is 15.0. The van der Waals surface area contributed by atoms with E-state index in [1.165, 1.54) is 12.1 Å². The van der Waals surface area contributed by atoms with Gasteiger partial charge in [0.15, 0.2) is 5.69 Å². The molecule has 0 fully saturated rings. The van der Waals surface area contributed by atoms with Crippen LogP contribution in [0, 0.1) is 5.82 Å². The third kappa shape index (κ3) is 4.13. The molecule has 0 aliphatic heterocycles. The molecule has 0 radical (unpaired) electrons. The van der Waals surface area contributed by atoms with Crippen molar-refractivity contribution < 1.29 is 14.3 Å². The summed E-state index contributed by atoms with van der Waals surface area (Å²) in [5.41, 5.74) is 3.81. The quantitative estimate of drug-likeness (QED) is 0.490. The molecule has 3 aromatic rings. The van der Waals surface area contributed by atoms with Gasteiger partial charge in [-0.3, -0.25) is 0 Å². The van der Waals surface area contributed by atoms with Gasteiger partial charge in [-0.25, -0.2) is 13.9 Å². The summed E-state index contributed by atoms with van der Waals surface area (Å²) in [4.78, 5) is 12.0. The number of nitrogens with zero attached hydrogens (tertiary/aromatic N) is 2. The number of allylic oxidation sites excluding steroid dienone is 1. The average Bonchev–Trinajstić information content (AvgIpc) is 3.05. The Kier molecular flexibility index (Phi) is 5.93. The van der Waals surface area contributed by atoms with Crippen molar-refractivity contribution in [1.82, 2.24) is 9.78 Å². The lowest BCUT2D eigenvalue weighted by molar-refractivity contribution is 0.0688. The molecule has 4 rings (SSSR count). The van der Waals surface area contributed by atoms with Gasteiger partial charge in [-0.2, -0.15) is 5.10 Å². The van der Waals surface area contributed by atoms with E-state index in [1.54, 1.807) is 35.0 Å². The minimum atomic E-state index is -1.07. The van der Waals surface area contributed by atoms with Crippen molar-refractivity contribution >= 4 is 40.8 Å². The Bertz CT molecular complexity index is 1140. The molecular weight excluding hydrogens is 426 g/mol. The van der Waals surface area contributed by atoms with E-state index in [2.05, 4.69) is 5.10 Å². The van der Waals surface area contributed by atoms with Crippen molar-refractivity contribution in [2.24, 2.45) is 0 Å². The van der Waals surface area contributed by atoms with Gasteiger partial charge < -0.3 is 5.11 Å². The molecule has 0 saturated carbocycles. The molecule has 2 aromatic carbocycles. The Morgan fingerprint density at radius 3 is 2.50 bits per heavy atom. The lowest BCUT2D eigenvalue weighted by Gasteiger charge is -2.17. The maximum absolute atomic E-state index is 13.4. The van der Waals surface area contributed by atoms with Crippen LogP contribution in [-0.4, -0.2) is 20.9 Å². The number of carboxylic acids is 1. The Morgan fingerprint density at radius 2 is 1.80 bits per heavy atom. The third-order valence-corrected chi connectivity index (χ3v) is 5.75. The highest BCUT2D eigenvalue weighted by molar-refractivity contribution is 6.35. The summed E-state index contributed by atoms with van der Waals surface area (Å²) in [5, 5.41) is 15.1. The van der Waals surface area contributed by atoms with E-state index in [4.69, 9.17) is 23.2 Å². The van der Waals surface area contributed by atoms with Crippen LogP contribution in [-0.2, 0) is 6.42 Å². The van der Waals surface area contributed by atoms with Crippen LogP contribution in [0.15, 0.2) is 42.5 Å². The minimum Gasteiger partial charge on any atom is -0.476 e. The van der Waals surface area contributed by atoms with E-state index in [0.29, 0.717) is 27.7 Å². The van der Waals surface area contributed by atoms with Crippen molar-refractivity contribution in [2.75, 3.05) is 0 Å². The summed E-state index contributed by atoms with van der Waals surface area (Å²) in [6.07, 6.45) is 6.18. The van der Waals surface area contributed by atoms with E-state index < -0.39 is 5.97 Å². The molecule has 30 heavy (non-hydrogen) atoms. The SMILES string of the molecule is O=C(O)c1nn(-c2ccc(Cl)cc2Cl)c2c1CCCCCC2=Cc1ccc(F)cc1. The summed E-state index contributed by atoms with van der Waals surface area (Å²) in [7, 11) is 0. The second kappa shape index (κ2) is 8.62. The summed E-state index contributed by atoms with van der Waals surface area (Å²) >= 11 is 12.5. The van der Waals surface area contributed by atoms with Crippen LogP contribution < -0.4 is 0 Å². The van der Waals surface area contributed by atoms with Crippen molar-refractivity contribution in [2.45, 2.75) is 32.1 Å². The second-order valence-electron chi connectivity index (χ2n) is 7.27. The topological polar surface area (TPSA) is 55.1 Å². The molecule has 1 aliphatic carbocycles. The minimum absolute atomic E-state index is 0.0305. The van der Waals surface area contributed by atoms with Crippen LogP contribution in [0.25, 0.3) is 17.3 Å². The van der Waals surface area contributed by atoms with Gasteiger partial charge >= 0.3 is 5.97 Å². The van der Waals surface area contributed by atoms with E-state index in [9.17, 15) is 14.3 Å². The summed E-state index contributed by atoms with van der Waals surface area (Å²) in [6, 6.07) is 11.3. The fourth-order valence-corrected chi connectivity index (χ4v) is 4.32.